The van der Waals surface area contributed by atoms with E-state index in [1.807, 2.05) is 0 Å². The Balaban J connectivity index is 2.07. The van der Waals surface area contributed by atoms with E-state index < -0.39 is 29.3 Å². The molecule has 0 fully saturated rings. The average Bonchev–Trinajstić information content (AvgIpc) is 2.77. The largest absolute Gasteiger partial charge is 0.389 e. The lowest BCUT2D eigenvalue weighted by Crippen LogP contribution is -2.34. The van der Waals surface area contributed by atoms with Crippen LogP contribution in [-0.4, -0.2) is 16.0 Å². The number of amides is 1. The van der Waals surface area contributed by atoms with Crippen LogP contribution in [0.5, 0.6) is 0 Å². The number of nitriles is 1. The summed E-state index contributed by atoms with van der Waals surface area (Å²) in [6.07, 6.45) is -0.373. The zero-order chi connectivity index (χ0) is 18.4. The van der Waals surface area contributed by atoms with Crippen molar-refractivity contribution in [2.24, 2.45) is 0 Å². The molecule has 0 radical (unpaired) electrons. The summed E-state index contributed by atoms with van der Waals surface area (Å²) in [5.74, 6) is -6.08. The number of carbonyl (C=O) groups excluding carboxylic acids is 1. The number of benzene rings is 1. The van der Waals surface area contributed by atoms with E-state index in [1.54, 1.807) is 6.07 Å². The number of carbonyl (C=O) groups is 1. The standard InChI is InChI=1S/C17H12F3N3O2/c1-9(24)12-3-2-4-14-15(12)17(19,20)16(25)23(14)8-11-5-10(6-21)13(18)7-22-11/h2-5,7,9,24H,8H2,1H3/t9-/m0/s1. The fourth-order valence-corrected chi connectivity index (χ4v) is 2.83. The van der Waals surface area contributed by atoms with Crippen LogP contribution in [0.2, 0.25) is 0 Å². The van der Waals surface area contributed by atoms with Gasteiger partial charge in [-0.2, -0.15) is 14.0 Å². The van der Waals surface area contributed by atoms with Gasteiger partial charge in [-0.1, -0.05) is 12.1 Å². The normalized spacial score (nSPS) is 16.5. The number of hydrogen-bond donors (Lipinski definition) is 1. The molecule has 1 aromatic carbocycles. The number of aliphatic hydroxyl groups excluding tert-OH is 1. The maximum Gasteiger partial charge on any atom is 0.352 e. The number of aromatic nitrogens is 1. The Morgan fingerprint density at radius 1 is 1.44 bits per heavy atom. The highest BCUT2D eigenvalue weighted by Gasteiger charge is 2.54. The van der Waals surface area contributed by atoms with Gasteiger partial charge in [0.25, 0.3) is 0 Å². The van der Waals surface area contributed by atoms with Crippen molar-refractivity contribution in [2.45, 2.75) is 25.5 Å². The van der Waals surface area contributed by atoms with E-state index in [9.17, 15) is 23.1 Å². The Bertz CT molecular complexity index is 906. The number of rotatable bonds is 3. The van der Waals surface area contributed by atoms with Crippen LogP contribution in [0.3, 0.4) is 0 Å². The van der Waals surface area contributed by atoms with Crippen LogP contribution in [0.15, 0.2) is 30.5 Å². The van der Waals surface area contributed by atoms with Gasteiger partial charge in [0.2, 0.25) is 0 Å². The molecule has 0 unspecified atom stereocenters. The van der Waals surface area contributed by atoms with Gasteiger partial charge in [0.15, 0.2) is 5.82 Å². The molecule has 25 heavy (non-hydrogen) atoms. The minimum absolute atomic E-state index is 0.0388. The molecule has 5 nitrogen and oxygen atoms in total. The zero-order valence-electron chi connectivity index (χ0n) is 13.0. The first kappa shape index (κ1) is 16.9. The van der Waals surface area contributed by atoms with E-state index in [0.29, 0.717) is 0 Å². The molecule has 1 aromatic heterocycles. The second-order valence-electron chi connectivity index (χ2n) is 5.65. The van der Waals surface area contributed by atoms with E-state index >= 15 is 0 Å². The number of hydrogen-bond acceptors (Lipinski definition) is 4. The van der Waals surface area contributed by atoms with Crippen LogP contribution in [0, 0.1) is 17.1 Å². The van der Waals surface area contributed by atoms with Crippen molar-refractivity contribution < 1.29 is 23.1 Å². The van der Waals surface area contributed by atoms with E-state index in [1.165, 1.54) is 25.1 Å². The van der Waals surface area contributed by atoms with E-state index in [4.69, 9.17) is 5.26 Å². The maximum atomic E-state index is 14.5. The Morgan fingerprint density at radius 2 is 2.16 bits per heavy atom. The summed E-state index contributed by atoms with van der Waals surface area (Å²) >= 11 is 0. The van der Waals surface area contributed by atoms with Crippen LogP contribution in [0.4, 0.5) is 18.9 Å². The Labute approximate surface area is 140 Å². The highest BCUT2D eigenvalue weighted by atomic mass is 19.3. The number of fused-ring (bicyclic) bond motifs is 1. The fraction of sp³-hybridized carbons (Fsp3) is 0.235. The summed E-state index contributed by atoms with van der Waals surface area (Å²) in [6.45, 7) is 0.985. The van der Waals surface area contributed by atoms with E-state index in [2.05, 4.69) is 4.98 Å². The van der Waals surface area contributed by atoms with Crippen LogP contribution < -0.4 is 4.90 Å². The van der Waals surface area contributed by atoms with Gasteiger partial charge in [0.1, 0.15) is 6.07 Å². The molecule has 1 aliphatic rings. The molecule has 0 bridgehead atoms. The van der Waals surface area contributed by atoms with Crippen molar-refractivity contribution in [3.8, 4) is 6.07 Å². The molecule has 0 saturated carbocycles. The van der Waals surface area contributed by atoms with Gasteiger partial charge in [-0.05, 0) is 24.6 Å². The SMILES string of the molecule is C[C@H](O)c1cccc2c1C(F)(F)C(=O)N2Cc1cc(C#N)c(F)cn1. The summed E-state index contributed by atoms with van der Waals surface area (Å²) in [4.78, 5) is 16.8. The Kier molecular flexibility index (Phi) is 3.97. The molecule has 0 spiro atoms. The van der Waals surface area contributed by atoms with Crippen LogP contribution in [0.25, 0.3) is 0 Å². The van der Waals surface area contributed by atoms with Crippen molar-refractivity contribution in [3.05, 3.63) is 58.7 Å². The minimum atomic E-state index is -3.79. The van der Waals surface area contributed by atoms with Gasteiger partial charge >= 0.3 is 11.8 Å². The number of anilines is 1. The van der Waals surface area contributed by atoms with Crippen molar-refractivity contribution in [2.75, 3.05) is 4.90 Å². The topological polar surface area (TPSA) is 77.2 Å². The highest BCUT2D eigenvalue weighted by Crippen LogP contribution is 2.47. The molecule has 128 valence electrons. The maximum absolute atomic E-state index is 14.5. The van der Waals surface area contributed by atoms with Gasteiger partial charge < -0.3 is 10.0 Å². The third-order valence-electron chi connectivity index (χ3n) is 4.00. The highest BCUT2D eigenvalue weighted by molar-refractivity contribution is 6.06. The van der Waals surface area contributed by atoms with E-state index in [0.717, 1.165) is 17.2 Å². The molecule has 1 aliphatic heterocycles. The first-order valence-corrected chi connectivity index (χ1v) is 7.33. The molecule has 2 heterocycles. The first-order chi connectivity index (χ1) is 11.8. The molecule has 2 aromatic rings. The van der Waals surface area contributed by atoms with Gasteiger partial charge in [-0.25, -0.2) is 4.39 Å². The second kappa shape index (κ2) is 5.86. The molecule has 3 rings (SSSR count). The van der Waals surface area contributed by atoms with Gasteiger partial charge in [-0.15, -0.1) is 0 Å². The quantitative estimate of drug-likeness (QED) is 0.926. The predicted octanol–water partition coefficient (Wildman–Crippen LogP) is 2.78. The number of halogens is 3. The van der Waals surface area contributed by atoms with Crippen molar-refractivity contribution in [1.82, 2.24) is 4.98 Å². The summed E-state index contributed by atoms with van der Waals surface area (Å²) in [5, 5.41) is 18.6. The number of nitrogens with zero attached hydrogens (tertiary/aromatic N) is 3. The summed E-state index contributed by atoms with van der Waals surface area (Å²) in [5.41, 5.74) is -0.822. The molecule has 1 amide bonds. The predicted molar refractivity (Wildman–Crippen MR) is 81.1 cm³/mol. The monoisotopic (exact) mass is 347 g/mol. The molecule has 8 heteroatoms. The summed E-state index contributed by atoms with van der Waals surface area (Å²) in [7, 11) is 0. The molecule has 0 saturated heterocycles. The summed E-state index contributed by atoms with van der Waals surface area (Å²) in [6, 6.07) is 6.87. The van der Waals surface area contributed by atoms with Crippen LogP contribution in [-0.2, 0) is 17.3 Å². The first-order valence-electron chi connectivity index (χ1n) is 7.33. The summed E-state index contributed by atoms with van der Waals surface area (Å²) < 4.78 is 42.3. The third kappa shape index (κ3) is 2.62. The number of pyridine rings is 1. The zero-order valence-corrected chi connectivity index (χ0v) is 13.0. The van der Waals surface area contributed by atoms with Crippen LogP contribution in [0.1, 0.15) is 35.4 Å². The van der Waals surface area contributed by atoms with Gasteiger partial charge in [0, 0.05) is 0 Å². The Hall–Kier alpha value is -2.92. The average molecular weight is 347 g/mol. The molecule has 1 atom stereocenters. The lowest BCUT2D eigenvalue weighted by molar-refractivity contribution is -0.141. The molecular formula is C17H12F3N3O2. The Morgan fingerprint density at radius 3 is 2.80 bits per heavy atom. The third-order valence-corrected chi connectivity index (χ3v) is 4.00. The second-order valence-corrected chi connectivity index (χ2v) is 5.65. The minimum Gasteiger partial charge on any atom is -0.389 e. The number of aliphatic hydroxyl groups is 1. The van der Waals surface area contributed by atoms with E-state index in [-0.39, 0.29) is 29.1 Å². The van der Waals surface area contributed by atoms with Gasteiger partial charge in [0.05, 0.1) is 41.4 Å². The van der Waals surface area contributed by atoms with Crippen molar-refractivity contribution in [3.63, 3.8) is 0 Å². The molecular weight excluding hydrogens is 335 g/mol. The van der Waals surface area contributed by atoms with Gasteiger partial charge in [-0.3, -0.25) is 9.78 Å². The van der Waals surface area contributed by atoms with Crippen molar-refractivity contribution in [1.29, 1.82) is 5.26 Å². The molecule has 1 N–H and O–H groups in total. The lowest BCUT2D eigenvalue weighted by atomic mass is 9.98. The lowest BCUT2D eigenvalue weighted by Gasteiger charge is -2.17. The fourth-order valence-electron chi connectivity index (χ4n) is 2.83. The number of alkyl halides is 2. The van der Waals surface area contributed by atoms with Crippen molar-refractivity contribution >= 4 is 11.6 Å². The van der Waals surface area contributed by atoms with Crippen LogP contribution >= 0.6 is 0 Å². The molecule has 0 aliphatic carbocycles. The smallest absolute Gasteiger partial charge is 0.352 e.